The number of ketones is 1. The first-order valence-electron chi connectivity index (χ1n) is 10.8. The van der Waals surface area contributed by atoms with E-state index in [1.54, 1.807) is 0 Å². The van der Waals surface area contributed by atoms with Crippen LogP contribution in [0.5, 0.6) is 0 Å². The Morgan fingerprint density at radius 2 is 1.62 bits per heavy atom. The highest BCUT2D eigenvalue weighted by atomic mass is 16.1. The molecular formula is C26H35NO2. The molecule has 0 radical (unpaired) electrons. The number of rotatable bonds is 10. The van der Waals surface area contributed by atoms with Gasteiger partial charge in [0.2, 0.25) is 5.91 Å². The normalized spacial score (nSPS) is 12.6. The van der Waals surface area contributed by atoms with Gasteiger partial charge in [0.1, 0.15) is 0 Å². The lowest BCUT2D eigenvalue weighted by molar-refractivity contribution is -0.118. The minimum absolute atomic E-state index is 0.0366. The number of carbonyl (C=O) groups is 2. The second-order valence-corrected chi connectivity index (χ2v) is 8.98. The van der Waals surface area contributed by atoms with Gasteiger partial charge in [-0.2, -0.15) is 0 Å². The molecule has 1 amide bonds. The Morgan fingerprint density at radius 1 is 0.931 bits per heavy atom. The minimum Gasteiger partial charge on any atom is -0.370 e. The number of benzene rings is 2. The molecule has 0 bridgehead atoms. The quantitative estimate of drug-likeness (QED) is 0.389. The Bertz CT molecular complexity index is 815. The molecule has 29 heavy (non-hydrogen) atoms. The molecule has 0 aliphatic heterocycles. The van der Waals surface area contributed by atoms with Crippen molar-refractivity contribution < 1.29 is 9.59 Å². The van der Waals surface area contributed by atoms with Gasteiger partial charge >= 0.3 is 0 Å². The van der Waals surface area contributed by atoms with Crippen LogP contribution in [0.4, 0.5) is 0 Å². The summed E-state index contributed by atoms with van der Waals surface area (Å²) in [6.45, 7) is 8.68. The Kier molecular flexibility index (Phi) is 8.19. The molecule has 0 spiro atoms. The molecule has 0 fully saturated rings. The molecule has 156 valence electrons. The smallest absolute Gasteiger partial charge is 0.217 e. The number of hydrogen-bond acceptors (Lipinski definition) is 2. The summed E-state index contributed by atoms with van der Waals surface area (Å²) in [7, 11) is 0. The first-order valence-corrected chi connectivity index (χ1v) is 10.8. The van der Waals surface area contributed by atoms with Crippen molar-refractivity contribution in [3.63, 3.8) is 0 Å². The van der Waals surface area contributed by atoms with E-state index < -0.39 is 0 Å². The van der Waals surface area contributed by atoms with Crippen LogP contribution < -0.4 is 5.73 Å². The molecule has 0 aromatic heterocycles. The summed E-state index contributed by atoms with van der Waals surface area (Å²) in [6, 6.07) is 15.8. The molecule has 1 atom stereocenters. The molecular weight excluding hydrogens is 358 g/mol. The minimum atomic E-state index is -0.267. The van der Waals surface area contributed by atoms with E-state index in [1.807, 2.05) is 42.5 Å². The van der Waals surface area contributed by atoms with E-state index in [1.165, 1.54) is 12.0 Å². The van der Waals surface area contributed by atoms with Gasteiger partial charge < -0.3 is 5.73 Å². The number of amides is 1. The zero-order valence-electron chi connectivity index (χ0n) is 18.3. The lowest BCUT2D eigenvalue weighted by atomic mass is 9.85. The zero-order valence-corrected chi connectivity index (χ0v) is 18.3. The van der Waals surface area contributed by atoms with Crippen LogP contribution in [0.25, 0.3) is 0 Å². The first kappa shape index (κ1) is 22.9. The van der Waals surface area contributed by atoms with E-state index in [2.05, 4.69) is 33.8 Å². The molecule has 2 N–H and O–H groups in total. The average Bonchev–Trinajstić information content (AvgIpc) is 2.69. The lowest BCUT2D eigenvalue weighted by Crippen LogP contribution is -2.13. The molecule has 0 heterocycles. The van der Waals surface area contributed by atoms with Crippen LogP contribution in [0.1, 0.15) is 99.2 Å². The van der Waals surface area contributed by atoms with Gasteiger partial charge in [-0.1, -0.05) is 89.4 Å². The molecule has 3 heteroatoms. The number of unbranched alkanes of at least 4 members (excludes halogenated alkanes) is 2. The highest BCUT2D eigenvalue weighted by molar-refractivity contribution is 6.09. The van der Waals surface area contributed by atoms with Crippen molar-refractivity contribution in [3.05, 3.63) is 70.8 Å². The predicted octanol–water partition coefficient (Wildman–Crippen LogP) is 6.14. The van der Waals surface area contributed by atoms with Crippen molar-refractivity contribution in [1.82, 2.24) is 0 Å². The van der Waals surface area contributed by atoms with Gasteiger partial charge in [-0.05, 0) is 41.4 Å². The summed E-state index contributed by atoms with van der Waals surface area (Å²) in [5, 5.41) is 0. The summed E-state index contributed by atoms with van der Waals surface area (Å²) in [6.07, 6.45) is 5.57. The van der Waals surface area contributed by atoms with E-state index in [0.717, 1.165) is 31.2 Å². The maximum atomic E-state index is 13.0. The Labute approximate surface area is 175 Å². The van der Waals surface area contributed by atoms with Crippen LogP contribution in [-0.4, -0.2) is 11.7 Å². The summed E-state index contributed by atoms with van der Waals surface area (Å²) in [4.78, 5) is 24.3. The van der Waals surface area contributed by atoms with Crippen molar-refractivity contribution in [2.45, 2.75) is 77.6 Å². The van der Waals surface area contributed by atoms with Crippen molar-refractivity contribution in [3.8, 4) is 0 Å². The second-order valence-electron chi connectivity index (χ2n) is 8.98. The van der Waals surface area contributed by atoms with Crippen LogP contribution in [0.15, 0.2) is 48.5 Å². The van der Waals surface area contributed by atoms with Gasteiger partial charge in [0.05, 0.1) is 0 Å². The fourth-order valence-electron chi connectivity index (χ4n) is 3.66. The Balaban J connectivity index is 2.22. The van der Waals surface area contributed by atoms with Gasteiger partial charge in [-0.3, -0.25) is 9.59 Å². The van der Waals surface area contributed by atoms with Crippen molar-refractivity contribution in [2.75, 3.05) is 0 Å². The monoisotopic (exact) mass is 393 g/mol. The average molecular weight is 394 g/mol. The van der Waals surface area contributed by atoms with Crippen LogP contribution in [0.3, 0.4) is 0 Å². The summed E-state index contributed by atoms with van der Waals surface area (Å²) >= 11 is 0. The fraction of sp³-hybridized carbons (Fsp3) is 0.462. The van der Waals surface area contributed by atoms with Gasteiger partial charge in [0.25, 0.3) is 0 Å². The van der Waals surface area contributed by atoms with Crippen LogP contribution in [0, 0.1) is 0 Å². The maximum Gasteiger partial charge on any atom is 0.217 e. The van der Waals surface area contributed by atoms with E-state index in [0.29, 0.717) is 17.5 Å². The Hall–Kier alpha value is -2.42. The highest BCUT2D eigenvalue weighted by Gasteiger charge is 2.17. The van der Waals surface area contributed by atoms with Crippen LogP contribution >= 0.6 is 0 Å². The van der Waals surface area contributed by atoms with Gasteiger partial charge in [0, 0.05) is 17.5 Å². The largest absolute Gasteiger partial charge is 0.370 e. The summed E-state index contributed by atoms with van der Waals surface area (Å²) in [5.74, 6) is 0.0243. The molecule has 2 aromatic rings. The standard InChI is InChI=1S/C26H35NO2/c1-5-6-7-9-19(14-17-24(27)28)21-10-8-11-22(18-21)25(29)20-12-15-23(16-13-20)26(2,3)4/h8,10-13,15-16,18-19H,5-7,9,14,17H2,1-4H3,(H2,27,28). The molecule has 2 rings (SSSR count). The first-order chi connectivity index (χ1) is 13.7. The third-order valence-corrected chi connectivity index (χ3v) is 5.53. The second kappa shape index (κ2) is 10.4. The SMILES string of the molecule is CCCCCC(CCC(N)=O)c1cccc(C(=O)c2ccc(C(C)(C)C)cc2)c1. The van der Waals surface area contributed by atoms with Crippen LogP contribution in [0.2, 0.25) is 0 Å². The summed E-state index contributed by atoms with van der Waals surface area (Å²) in [5.41, 5.74) is 9.18. The molecule has 1 unspecified atom stereocenters. The van der Waals surface area contributed by atoms with Crippen molar-refractivity contribution in [2.24, 2.45) is 5.73 Å². The number of nitrogens with two attached hydrogens (primary N) is 1. The van der Waals surface area contributed by atoms with E-state index in [-0.39, 0.29) is 23.0 Å². The number of primary amides is 1. The predicted molar refractivity (Wildman–Crippen MR) is 120 cm³/mol. The fourth-order valence-corrected chi connectivity index (χ4v) is 3.66. The maximum absolute atomic E-state index is 13.0. The van der Waals surface area contributed by atoms with Gasteiger partial charge in [0.15, 0.2) is 5.78 Å². The van der Waals surface area contributed by atoms with Crippen LogP contribution in [-0.2, 0) is 10.2 Å². The van der Waals surface area contributed by atoms with Crippen molar-refractivity contribution >= 4 is 11.7 Å². The highest BCUT2D eigenvalue weighted by Crippen LogP contribution is 2.29. The molecule has 0 saturated carbocycles. The summed E-state index contributed by atoms with van der Waals surface area (Å²) < 4.78 is 0. The third-order valence-electron chi connectivity index (χ3n) is 5.53. The number of carbonyl (C=O) groups excluding carboxylic acids is 2. The van der Waals surface area contributed by atoms with Gasteiger partial charge in [-0.25, -0.2) is 0 Å². The molecule has 0 saturated heterocycles. The topological polar surface area (TPSA) is 60.2 Å². The lowest BCUT2D eigenvalue weighted by Gasteiger charge is -2.19. The zero-order chi connectivity index (χ0) is 21.4. The molecule has 2 aromatic carbocycles. The number of hydrogen-bond donors (Lipinski definition) is 1. The van der Waals surface area contributed by atoms with E-state index in [9.17, 15) is 9.59 Å². The van der Waals surface area contributed by atoms with E-state index >= 15 is 0 Å². The van der Waals surface area contributed by atoms with Gasteiger partial charge in [-0.15, -0.1) is 0 Å². The van der Waals surface area contributed by atoms with Crippen molar-refractivity contribution in [1.29, 1.82) is 0 Å². The Morgan fingerprint density at radius 3 is 2.21 bits per heavy atom. The third kappa shape index (κ3) is 6.85. The molecule has 0 aliphatic rings. The molecule has 3 nitrogen and oxygen atoms in total. The molecule has 0 aliphatic carbocycles. The van der Waals surface area contributed by atoms with E-state index in [4.69, 9.17) is 5.73 Å².